The molecule has 0 amide bonds. The molecule has 0 aliphatic rings. The van der Waals surface area contributed by atoms with Crippen molar-refractivity contribution in [1.82, 2.24) is 4.98 Å². The van der Waals surface area contributed by atoms with E-state index >= 15 is 0 Å². The number of aromatic nitrogens is 1. The zero-order valence-corrected chi connectivity index (χ0v) is 10.9. The standard InChI is InChI=1S/C14H17ClN2/c1-10(9-15)11(2)16-14-8-7-12-5-3-4-6-13(12)17-14/h3-8,10-11H,9H2,1-2H3,(H,16,17). The van der Waals surface area contributed by atoms with Gasteiger partial charge < -0.3 is 5.32 Å². The molecule has 0 spiro atoms. The number of hydrogen-bond donors (Lipinski definition) is 1. The number of anilines is 1. The molecule has 3 heteroatoms. The van der Waals surface area contributed by atoms with Crippen molar-refractivity contribution in [2.75, 3.05) is 11.2 Å². The average molecular weight is 249 g/mol. The molecule has 0 bridgehead atoms. The molecule has 2 atom stereocenters. The monoisotopic (exact) mass is 248 g/mol. The number of benzene rings is 1. The highest BCUT2D eigenvalue weighted by atomic mass is 35.5. The second kappa shape index (κ2) is 5.37. The van der Waals surface area contributed by atoms with Gasteiger partial charge in [0.15, 0.2) is 0 Å². The van der Waals surface area contributed by atoms with Crippen LogP contribution in [0, 0.1) is 5.92 Å². The van der Waals surface area contributed by atoms with Gasteiger partial charge in [-0.1, -0.05) is 25.1 Å². The van der Waals surface area contributed by atoms with Gasteiger partial charge in [-0.15, -0.1) is 11.6 Å². The second-order valence-electron chi connectivity index (χ2n) is 4.45. The summed E-state index contributed by atoms with van der Waals surface area (Å²) in [4.78, 5) is 4.58. The Bertz CT molecular complexity index is 498. The summed E-state index contributed by atoms with van der Waals surface area (Å²) in [5.74, 6) is 1.99. The molecule has 1 aromatic heterocycles. The van der Waals surface area contributed by atoms with Crippen LogP contribution in [0.3, 0.4) is 0 Å². The minimum absolute atomic E-state index is 0.321. The molecule has 0 fully saturated rings. The first-order valence-electron chi connectivity index (χ1n) is 5.89. The number of alkyl halides is 1. The molecule has 2 rings (SSSR count). The van der Waals surface area contributed by atoms with Crippen molar-refractivity contribution in [3.05, 3.63) is 36.4 Å². The fourth-order valence-corrected chi connectivity index (χ4v) is 1.92. The van der Waals surface area contributed by atoms with Crippen molar-refractivity contribution in [3.63, 3.8) is 0 Å². The van der Waals surface area contributed by atoms with Gasteiger partial charge in [0.25, 0.3) is 0 Å². The lowest BCUT2D eigenvalue weighted by Crippen LogP contribution is -2.25. The molecule has 0 radical (unpaired) electrons. The van der Waals surface area contributed by atoms with E-state index in [4.69, 9.17) is 11.6 Å². The van der Waals surface area contributed by atoms with E-state index in [1.54, 1.807) is 0 Å². The first-order valence-corrected chi connectivity index (χ1v) is 6.42. The Kier molecular flexibility index (Phi) is 3.85. The van der Waals surface area contributed by atoms with E-state index in [0.717, 1.165) is 16.7 Å². The third-order valence-corrected chi connectivity index (χ3v) is 3.56. The summed E-state index contributed by atoms with van der Waals surface area (Å²) >= 11 is 5.85. The molecule has 2 aromatic rings. The Morgan fingerprint density at radius 2 is 1.94 bits per heavy atom. The van der Waals surface area contributed by atoms with Crippen molar-refractivity contribution < 1.29 is 0 Å². The van der Waals surface area contributed by atoms with E-state index in [1.165, 1.54) is 0 Å². The topological polar surface area (TPSA) is 24.9 Å². The molecule has 0 aliphatic carbocycles. The fraction of sp³-hybridized carbons (Fsp3) is 0.357. The molecule has 1 heterocycles. The highest BCUT2D eigenvalue weighted by molar-refractivity contribution is 6.18. The largest absolute Gasteiger partial charge is 0.367 e. The summed E-state index contributed by atoms with van der Waals surface area (Å²) in [6, 6.07) is 12.5. The number of pyridine rings is 1. The number of nitrogens with zero attached hydrogens (tertiary/aromatic N) is 1. The average Bonchev–Trinajstić information content (AvgIpc) is 2.37. The van der Waals surface area contributed by atoms with Crippen molar-refractivity contribution in [3.8, 4) is 0 Å². The third-order valence-electron chi connectivity index (χ3n) is 3.07. The van der Waals surface area contributed by atoms with Gasteiger partial charge in [0.2, 0.25) is 0 Å². The summed E-state index contributed by atoms with van der Waals surface area (Å²) in [5.41, 5.74) is 1.02. The van der Waals surface area contributed by atoms with Crippen LogP contribution in [0.2, 0.25) is 0 Å². The summed E-state index contributed by atoms with van der Waals surface area (Å²) < 4.78 is 0. The van der Waals surface area contributed by atoms with E-state index in [0.29, 0.717) is 17.8 Å². The van der Waals surface area contributed by atoms with Crippen LogP contribution in [-0.2, 0) is 0 Å². The van der Waals surface area contributed by atoms with Gasteiger partial charge in [-0.2, -0.15) is 0 Å². The zero-order chi connectivity index (χ0) is 12.3. The van der Waals surface area contributed by atoms with Crippen LogP contribution < -0.4 is 5.32 Å². The van der Waals surface area contributed by atoms with Gasteiger partial charge in [0.05, 0.1) is 5.52 Å². The molecular formula is C14H17ClN2. The molecule has 2 nitrogen and oxygen atoms in total. The lowest BCUT2D eigenvalue weighted by atomic mass is 10.1. The first kappa shape index (κ1) is 12.2. The van der Waals surface area contributed by atoms with E-state index < -0.39 is 0 Å². The van der Waals surface area contributed by atoms with Gasteiger partial charge in [-0.05, 0) is 31.0 Å². The molecular weight excluding hydrogens is 232 g/mol. The Labute approximate surface area is 107 Å². The van der Waals surface area contributed by atoms with Crippen molar-refractivity contribution in [2.24, 2.45) is 5.92 Å². The first-order chi connectivity index (χ1) is 8.20. The molecule has 0 aliphatic heterocycles. The maximum absolute atomic E-state index is 5.85. The molecule has 17 heavy (non-hydrogen) atoms. The van der Waals surface area contributed by atoms with E-state index in [1.807, 2.05) is 24.3 Å². The van der Waals surface area contributed by atoms with Gasteiger partial charge in [-0.25, -0.2) is 4.98 Å². The highest BCUT2D eigenvalue weighted by Gasteiger charge is 2.11. The Balaban J connectivity index is 2.19. The van der Waals surface area contributed by atoms with E-state index in [-0.39, 0.29) is 0 Å². The molecule has 1 N–H and O–H groups in total. The number of para-hydroxylation sites is 1. The van der Waals surface area contributed by atoms with Crippen LogP contribution >= 0.6 is 11.6 Å². The summed E-state index contributed by atoms with van der Waals surface area (Å²) in [6.07, 6.45) is 0. The number of halogens is 1. The second-order valence-corrected chi connectivity index (χ2v) is 4.76. The predicted molar refractivity (Wildman–Crippen MR) is 74.7 cm³/mol. The maximum Gasteiger partial charge on any atom is 0.126 e. The van der Waals surface area contributed by atoms with Crippen molar-refractivity contribution >= 4 is 28.3 Å². The predicted octanol–water partition coefficient (Wildman–Crippen LogP) is 3.91. The van der Waals surface area contributed by atoms with Crippen LogP contribution in [0.4, 0.5) is 5.82 Å². The Morgan fingerprint density at radius 3 is 2.71 bits per heavy atom. The summed E-state index contributed by atoms with van der Waals surface area (Å²) in [6.45, 7) is 4.26. The molecule has 1 aromatic carbocycles. The Hall–Kier alpha value is -1.28. The molecule has 2 unspecified atom stereocenters. The van der Waals surface area contributed by atoms with Crippen LogP contribution in [-0.4, -0.2) is 16.9 Å². The molecule has 0 saturated carbocycles. The minimum Gasteiger partial charge on any atom is -0.367 e. The summed E-state index contributed by atoms with van der Waals surface area (Å²) in [7, 11) is 0. The van der Waals surface area contributed by atoms with Gasteiger partial charge >= 0.3 is 0 Å². The van der Waals surface area contributed by atoms with Crippen molar-refractivity contribution in [2.45, 2.75) is 19.9 Å². The van der Waals surface area contributed by atoms with Crippen LogP contribution in [0.1, 0.15) is 13.8 Å². The maximum atomic E-state index is 5.85. The molecule has 90 valence electrons. The number of hydrogen-bond acceptors (Lipinski definition) is 2. The quantitative estimate of drug-likeness (QED) is 0.830. The lowest BCUT2D eigenvalue weighted by Gasteiger charge is -2.19. The molecule has 0 saturated heterocycles. The van der Waals surface area contributed by atoms with Gasteiger partial charge in [0, 0.05) is 17.3 Å². The van der Waals surface area contributed by atoms with Gasteiger partial charge in [0.1, 0.15) is 5.82 Å². The normalized spacial score (nSPS) is 14.5. The number of nitrogens with one attached hydrogen (secondary N) is 1. The van der Waals surface area contributed by atoms with Crippen molar-refractivity contribution in [1.29, 1.82) is 0 Å². The Morgan fingerprint density at radius 1 is 1.18 bits per heavy atom. The SMILES string of the molecule is CC(CCl)C(C)Nc1ccc2ccccc2n1. The van der Waals surface area contributed by atoms with Crippen LogP contribution in [0.15, 0.2) is 36.4 Å². The van der Waals surface area contributed by atoms with Crippen LogP contribution in [0.5, 0.6) is 0 Å². The smallest absolute Gasteiger partial charge is 0.126 e. The fourth-order valence-electron chi connectivity index (χ4n) is 1.66. The van der Waals surface area contributed by atoms with E-state index in [2.05, 4.69) is 36.3 Å². The minimum atomic E-state index is 0.321. The number of fused-ring (bicyclic) bond motifs is 1. The third kappa shape index (κ3) is 2.89. The van der Waals surface area contributed by atoms with E-state index in [9.17, 15) is 0 Å². The van der Waals surface area contributed by atoms with Gasteiger partial charge in [-0.3, -0.25) is 0 Å². The van der Waals surface area contributed by atoms with Crippen LogP contribution in [0.25, 0.3) is 10.9 Å². The lowest BCUT2D eigenvalue weighted by molar-refractivity contribution is 0.564. The number of rotatable bonds is 4. The summed E-state index contributed by atoms with van der Waals surface area (Å²) in [5, 5.41) is 4.55. The zero-order valence-electron chi connectivity index (χ0n) is 10.2. The highest BCUT2D eigenvalue weighted by Crippen LogP contribution is 2.17.